The summed E-state index contributed by atoms with van der Waals surface area (Å²) in [7, 11) is -3.76. The van der Waals surface area contributed by atoms with Crippen LogP contribution in [0.5, 0.6) is 11.5 Å². The second-order valence-electron chi connectivity index (χ2n) is 6.58. The quantitative estimate of drug-likeness (QED) is 0.787. The maximum atomic E-state index is 13.1. The van der Waals surface area contributed by atoms with Crippen LogP contribution in [0.1, 0.15) is 11.6 Å². The molecule has 0 saturated carbocycles. The molecule has 2 aromatic carbocycles. The van der Waals surface area contributed by atoms with E-state index in [1.807, 2.05) is 18.2 Å². The minimum absolute atomic E-state index is 0.0281. The molecule has 1 saturated heterocycles. The number of nitrogens with zero attached hydrogens (tertiary/aromatic N) is 1. The van der Waals surface area contributed by atoms with Crippen molar-refractivity contribution in [2.75, 3.05) is 39.6 Å². The normalized spacial score (nSPS) is 18.2. The summed E-state index contributed by atoms with van der Waals surface area (Å²) in [6.45, 7) is 2.91. The van der Waals surface area contributed by atoms with Crippen LogP contribution in [0.25, 0.3) is 0 Å². The van der Waals surface area contributed by atoms with Crippen molar-refractivity contribution in [3.63, 3.8) is 0 Å². The van der Waals surface area contributed by atoms with Crippen LogP contribution < -0.4 is 14.2 Å². The van der Waals surface area contributed by atoms with Crippen molar-refractivity contribution >= 4 is 10.0 Å². The fraction of sp³-hybridized carbons (Fsp3) is 0.368. The second-order valence-corrected chi connectivity index (χ2v) is 8.35. The van der Waals surface area contributed by atoms with Crippen molar-refractivity contribution in [2.45, 2.75) is 10.9 Å². The van der Waals surface area contributed by atoms with Gasteiger partial charge in [0.05, 0.1) is 18.1 Å². The molecule has 0 unspecified atom stereocenters. The lowest BCUT2D eigenvalue weighted by Crippen LogP contribution is -2.43. The van der Waals surface area contributed by atoms with E-state index in [1.54, 1.807) is 0 Å². The molecule has 1 N–H and O–H groups in total. The Labute approximate surface area is 163 Å². The highest BCUT2D eigenvalue weighted by molar-refractivity contribution is 7.89. The van der Waals surface area contributed by atoms with Crippen molar-refractivity contribution < 1.29 is 27.0 Å². The first-order valence-corrected chi connectivity index (χ1v) is 10.5. The van der Waals surface area contributed by atoms with Crippen LogP contribution in [0, 0.1) is 5.82 Å². The van der Waals surface area contributed by atoms with E-state index in [9.17, 15) is 12.8 Å². The van der Waals surface area contributed by atoms with Gasteiger partial charge in [0.1, 0.15) is 5.82 Å². The summed E-state index contributed by atoms with van der Waals surface area (Å²) in [5.74, 6) is 0.846. The van der Waals surface area contributed by atoms with E-state index >= 15 is 0 Å². The molecule has 2 aliphatic rings. The first-order valence-electron chi connectivity index (χ1n) is 8.99. The number of rotatable bonds is 6. The first-order chi connectivity index (χ1) is 13.5. The lowest BCUT2D eigenvalue weighted by atomic mass is 10.0. The molecule has 0 aromatic heterocycles. The lowest BCUT2D eigenvalue weighted by Gasteiger charge is -2.35. The largest absolute Gasteiger partial charge is 0.454 e. The Morgan fingerprint density at radius 2 is 1.75 bits per heavy atom. The van der Waals surface area contributed by atoms with E-state index in [-0.39, 0.29) is 24.3 Å². The summed E-state index contributed by atoms with van der Waals surface area (Å²) in [6.07, 6.45) is 0. The van der Waals surface area contributed by atoms with Crippen molar-refractivity contribution in [3.05, 3.63) is 53.8 Å². The molecule has 9 heteroatoms. The van der Waals surface area contributed by atoms with Gasteiger partial charge in [-0.1, -0.05) is 6.07 Å². The summed E-state index contributed by atoms with van der Waals surface area (Å²) < 4.78 is 57.3. The van der Waals surface area contributed by atoms with E-state index in [0.717, 1.165) is 17.7 Å². The Morgan fingerprint density at radius 3 is 2.50 bits per heavy atom. The zero-order chi connectivity index (χ0) is 19.6. The molecule has 7 nitrogen and oxygen atoms in total. The number of nitrogens with one attached hydrogen (secondary N) is 1. The number of hydrogen-bond acceptors (Lipinski definition) is 6. The number of sulfonamides is 1. The maximum absolute atomic E-state index is 13.1. The van der Waals surface area contributed by atoms with Gasteiger partial charge in [-0.25, -0.2) is 17.5 Å². The van der Waals surface area contributed by atoms with Gasteiger partial charge in [0.15, 0.2) is 11.5 Å². The van der Waals surface area contributed by atoms with E-state index in [4.69, 9.17) is 14.2 Å². The molecular formula is C19H21FN2O5S. The van der Waals surface area contributed by atoms with Gasteiger partial charge in [0, 0.05) is 25.7 Å². The van der Waals surface area contributed by atoms with Crippen molar-refractivity contribution in [3.8, 4) is 11.5 Å². The topological polar surface area (TPSA) is 77.1 Å². The third kappa shape index (κ3) is 4.12. The number of fused-ring (bicyclic) bond motifs is 1. The van der Waals surface area contributed by atoms with E-state index in [1.165, 1.54) is 12.1 Å². The zero-order valence-corrected chi connectivity index (χ0v) is 16.0. The molecule has 2 heterocycles. The molecule has 2 aliphatic heterocycles. The van der Waals surface area contributed by atoms with Crippen LogP contribution >= 0.6 is 0 Å². The lowest BCUT2D eigenvalue weighted by molar-refractivity contribution is 0.0171. The maximum Gasteiger partial charge on any atom is 0.240 e. The van der Waals surface area contributed by atoms with E-state index < -0.39 is 15.8 Å². The highest BCUT2D eigenvalue weighted by atomic mass is 32.2. The van der Waals surface area contributed by atoms with Crippen molar-refractivity contribution in [1.82, 2.24) is 9.62 Å². The number of halogens is 1. The van der Waals surface area contributed by atoms with E-state index in [0.29, 0.717) is 37.8 Å². The van der Waals surface area contributed by atoms with Crippen molar-refractivity contribution in [1.29, 1.82) is 0 Å². The van der Waals surface area contributed by atoms with Crippen LogP contribution in [0.4, 0.5) is 4.39 Å². The molecule has 1 atom stereocenters. The zero-order valence-electron chi connectivity index (χ0n) is 15.1. The standard InChI is InChI=1S/C19H21FN2O5S/c20-15-2-4-16(5-3-15)28(23,24)21-12-17(22-7-9-25-10-8-22)14-1-6-18-19(11-14)27-13-26-18/h1-6,11,17,21H,7-10,12-13H2/t17-/m1/s1. The van der Waals surface area contributed by atoms with Crippen molar-refractivity contribution in [2.24, 2.45) is 0 Å². The molecule has 2 aromatic rings. The Morgan fingerprint density at radius 1 is 1.04 bits per heavy atom. The molecule has 28 heavy (non-hydrogen) atoms. The molecule has 4 rings (SSSR count). The van der Waals surface area contributed by atoms with Crippen LogP contribution in [0.3, 0.4) is 0 Å². The molecule has 0 spiro atoms. The minimum atomic E-state index is -3.76. The average molecular weight is 408 g/mol. The summed E-state index contributed by atoms with van der Waals surface area (Å²) >= 11 is 0. The summed E-state index contributed by atoms with van der Waals surface area (Å²) in [5.41, 5.74) is 0.924. The highest BCUT2D eigenvalue weighted by Gasteiger charge is 2.27. The van der Waals surface area contributed by atoms with Crippen LogP contribution in [0.2, 0.25) is 0 Å². The third-order valence-electron chi connectivity index (χ3n) is 4.86. The Balaban J connectivity index is 1.56. The van der Waals surface area contributed by atoms with Gasteiger partial charge in [-0.3, -0.25) is 4.90 Å². The number of morpholine rings is 1. The van der Waals surface area contributed by atoms with Gasteiger partial charge in [-0.15, -0.1) is 0 Å². The Bertz CT molecular complexity index is 930. The fourth-order valence-electron chi connectivity index (χ4n) is 3.35. The predicted molar refractivity (Wildman–Crippen MR) is 99.3 cm³/mol. The molecule has 0 bridgehead atoms. The first kappa shape index (κ1) is 19.1. The van der Waals surface area contributed by atoms with Gasteiger partial charge < -0.3 is 14.2 Å². The monoisotopic (exact) mass is 408 g/mol. The smallest absolute Gasteiger partial charge is 0.240 e. The van der Waals surface area contributed by atoms with Gasteiger partial charge in [0.2, 0.25) is 16.8 Å². The number of ether oxygens (including phenoxy) is 3. The predicted octanol–water partition coefficient (Wildman–Crippen LogP) is 1.91. The van der Waals surface area contributed by atoms with Crippen LogP contribution in [-0.4, -0.2) is 53.0 Å². The van der Waals surface area contributed by atoms with Gasteiger partial charge in [-0.05, 0) is 42.0 Å². The summed E-state index contributed by atoms with van der Waals surface area (Å²) in [5, 5.41) is 0. The fourth-order valence-corrected chi connectivity index (χ4v) is 4.39. The molecule has 0 aliphatic carbocycles. The van der Waals surface area contributed by atoms with Gasteiger partial charge in [-0.2, -0.15) is 0 Å². The molecule has 0 amide bonds. The highest BCUT2D eigenvalue weighted by Crippen LogP contribution is 2.35. The molecule has 150 valence electrons. The van der Waals surface area contributed by atoms with Gasteiger partial charge >= 0.3 is 0 Å². The van der Waals surface area contributed by atoms with E-state index in [2.05, 4.69) is 9.62 Å². The van der Waals surface area contributed by atoms with Crippen LogP contribution in [-0.2, 0) is 14.8 Å². The number of benzene rings is 2. The SMILES string of the molecule is O=S(=O)(NC[C@H](c1ccc2c(c1)OCO2)N1CCOCC1)c1ccc(F)cc1. The average Bonchev–Trinajstić information content (AvgIpc) is 3.17. The summed E-state index contributed by atoms with van der Waals surface area (Å²) in [4.78, 5) is 2.20. The third-order valence-corrected chi connectivity index (χ3v) is 6.30. The minimum Gasteiger partial charge on any atom is -0.454 e. The van der Waals surface area contributed by atoms with Gasteiger partial charge in [0.25, 0.3) is 0 Å². The Kier molecular flexibility index (Phi) is 5.49. The molecule has 0 radical (unpaired) electrons. The second kappa shape index (κ2) is 8.04. The Hall–Kier alpha value is -2.20. The van der Waals surface area contributed by atoms with Crippen LogP contribution in [0.15, 0.2) is 47.4 Å². The molecule has 1 fully saturated rings. The summed E-state index contributed by atoms with van der Waals surface area (Å²) in [6, 6.07) is 10.2. The molecular weight excluding hydrogens is 387 g/mol. The number of hydrogen-bond donors (Lipinski definition) is 1.